The van der Waals surface area contributed by atoms with E-state index in [1.165, 1.54) is 0 Å². The molecule has 16 heavy (non-hydrogen) atoms. The summed E-state index contributed by atoms with van der Waals surface area (Å²) in [5, 5.41) is 9.30. The molecule has 0 aromatic carbocycles. The van der Waals surface area contributed by atoms with E-state index in [0.29, 0.717) is 5.82 Å². The fourth-order valence-corrected chi connectivity index (χ4v) is 1.26. The topological polar surface area (TPSA) is 73.9 Å². The summed E-state index contributed by atoms with van der Waals surface area (Å²) in [7, 11) is 4.01. The summed E-state index contributed by atoms with van der Waals surface area (Å²) in [6.07, 6.45) is 0.905. The molecule has 0 bridgehead atoms. The number of amides is 1. The van der Waals surface area contributed by atoms with E-state index in [-0.39, 0.29) is 17.8 Å². The molecular weight excluding hydrogens is 206 g/mol. The van der Waals surface area contributed by atoms with E-state index in [2.05, 4.69) is 25.4 Å². The Labute approximate surface area is 95.4 Å². The maximum absolute atomic E-state index is 11.6. The molecule has 1 unspecified atom stereocenters. The van der Waals surface area contributed by atoms with Crippen molar-refractivity contribution in [2.45, 2.75) is 26.3 Å². The van der Waals surface area contributed by atoms with Crippen LogP contribution in [0.25, 0.3) is 0 Å². The van der Waals surface area contributed by atoms with Crippen LogP contribution in [0.2, 0.25) is 0 Å². The van der Waals surface area contributed by atoms with Gasteiger partial charge in [-0.05, 0) is 40.9 Å². The number of nitrogens with one attached hydrogen (secondary N) is 2. The molecule has 0 fully saturated rings. The van der Waals surface area contributed by atoms with Crippen molar-refractivity contribution in [3.63, 3.8) is 0 Å². The molecule has 90 valence electrons. The molecule has 2 N–H and O–H groups in total. The molecule has 0 radical (unpaired) electrons. The lowest BCUT2D eigenvalue weighted by Gasteiger charge is -2.15. The van der Waals surface area contributed by atoms with Crippen molar-refractivity contribution in [2.24, 2.45) is 0 Å². The van der Waals surface area contributed by atoms with E-state index >= 15 is 0 Å². The summed E-state index contributed by atoms with van der Waals surface area (Å²) >= 11 is 0. The maximum atomic E-state index is 11.6. The molecule has 1 rings (SSSR count). The average Bonchev–Trinajstić information content (AvgIpc) is 2.62. The van der Waals surface area contributed by atoms with Crippen LogP contribution >= 0.6 is 0 Å². The summed E-state index contributed by atoms with van der Waals surface area (Å²) in [6, 6.07) is 0.119. The number of aryl methyl sites for hydroxylation is 1. The van der Waals surface area contributed by atoms with Crippen molar-refractivity contribution >= 4 is 5.91 Å². The van der Waals surface area contributed by atoms with E-state index in [9.17, 15) is 4.79 Å². The van der Waals surface area contributed by atoms with Gasteiger partial charge >= 0.3 is 0 Å². The maximum Gasteiger partial charge on any atom is 0.291 e. The van der Waals surface area contributed by atoms with Crippen molar-refractivity contribution in [1.82, 2.24) is 25.4 Å². The zero-order chi connectivity index (χ0) is 12.1. The molecule has 0 aliphatic rings. The molecule has 6 heteroatoms. The number of aromatic nitrogens is 3. The summed E-state index contributed by atoms with van der Waals surface area (Å²) < 4.78 is 0. The molecule has 0 saturated heterocycles. The Morgan fingerprint density at radius 3 is 2.75 bits per heavy atom. The highest BCUT2D eigenvalue weighted by Crippen LogP contribution is 1.96. The quantitative estimate of drug-likeness (QED) is 0.750. The largest absolute Gasteiger partial charge is 0.347 e. The number of nitrogens with zero attached hydrogens (tertiary/aromatic N) is 3. The minimum Gasteiger partial charge on any atom is -0.347 e. The van der Waals surface area contributed by atoms with Gasteiger partial charge in [0.15, 0.2) is 0 Å². The van der Waals surface area contributed by atoms with Gasteiger partial charge in [0.05, 0.1) is 0 Å². The second-order valence-electron chi connectivity index (χ2n) is 4.21. The first kappa shape index (κ1) is 12.6. The highest BCUT2D eigenvalue weighted by molar-refractivity contribution is 5.90. The Morgan fingerprint density at radius 2 is 2.25 bits per heavy atom. The van der Waals surface area contributed by atoms with Gasteiger partial charge in [-0.25, -0.2) is 4.98 Å². The molecule has 0 aliphatic heterocycles. The fraction of sp³-hybridized carbons (Fsp3) is 0.700. The van der Waals surface area contributed by atoms with Crippen LogP contribution < -0.4 is 5.32 Å². The lowest BCUT2D eigenvalue weighted by molar-refractivity contribution is 0.0926. The van der Waals surface area contributed by atoms with Crippen molar-refractivity contribution in [3.8, 4) is 0 Å². The molecule has 6 nitrogen and oxygen atoms in total. The van der Waals surface area contributed by atoms with Gasteiger partial charge in [-0.15, -0.1) is 5.10 Å². The zero-order valence-corrected chi connectivity index (χ0v) is 10.2. The van der Waals surface area contributed by atoms with Gasteiger partial charge in [-0.1, -0.05) is 0 Å². The van der Waals surface area contributed by atoms with E-state index in [1.54, 1.807) is 6.92 Å². The van der Waals surface area contributed by atoms with Crippen molar-refractivity contribution in [2.75, 3.05) is 20.6 Å². The zero-order valence-electron chi connectivity index (χ0n) is 10.2. The number of carbonyl (C=O) groups is 1. The number of aromatic amines is 1. The van der Waals surface area contributed by atoms with E-state index in [0.717, 1.165) is 13.0 Å². The highest BCUT2D eigenvalue weighted by atomic mass is 16.2. The van der Waals surface area contributed by atoms with Crippen LogP contribution in [0.1, 0.15) is 29.8 Å². The van der Waals surface area contributed by atoms with Gasteiger partial charge in [-0.2, -0.15) is 0 Å². The smallest absolute Gasteiger partial charge is 0.291 e. The Kier molecular flexibility index (Phi) is 4.42. The van der Waals surface area contributed by atoms with Gasteiger partial charge < -0.3 is 10.2 Å². The Bertz CT molecular complexity index is 347. The summed E-state index contributed by atoms with van der Waals surface area (Å²) in [6.45, 7) is 4.68. The van der Waals surface area contributed by atoms with Crippen LogP contribution in [-0.2, 0) is 0 Å². The minimum absolute atomic E-state index is 0.119. The van der Waals surface area contributed by atoms with Crippen LogP contribution in [0, 0.1) is 6.92 Å². The molecule has 1 aromatic rings. The Hall–Kier alpha value is -1.43. The molecule has 1 atom stereocenters. The third kappa shape index (κ3) is 3.98. The van der Waals surface area contributed by atoms with E-state index in [1.807, 2.05) is 21.0 Å². The summed E-state index contributed by atoms with van der Waals surface area (Å²) in [5.74, 6) is 0.621. The average molecular weight is 225 g/mol. The van der Waals surface area contributed by atoms with Gasteiger partial charge in [0, 0.05) is 6.04 Å². The van der Waals surface area contributed by atoms with Crippen molar-refractivity contribution in [1.29, 1.82) is 0 Å². The first-order valence-corrected chi connectivity index (χ1v) is 5.33. The number of hydrogen-bond acceptors (Lipinski definition) is 4. The van der Waals surface area contributed by atoms with E-state index in [4.69, 9.17) is 0 Å². The number of H-pyrrole nitrogens is 1. The first-order valence-electron chi connectivity index (χ1n) is 5.33. The minimum atomic E-state index is -0.226. The van der Waals surface area contributed by atoms with Crippen LogP contribution in [-0.4, -0.2) is 52.7 Å². The van der Waals surface area contributed by atoms with Crippen LogP contribution in [0.15, 0.2) is 0 Å². The molecule has 1 heterocycles. The summed E-state index contributed by atoms with van der Waals surface area (Å²) in [4.78, 5) is 17.7. The number of carbonyl (C=O) groups excluding carboxylic acids is 1. The lowest BCUT2D eigenvalue weighted by Crippen LogP contribution is -2.35. The van der Waals surface area contributed by atoms with Crippen LogP contribution in [0.3, 0.4) is 0 Å². The van der Waals surface area contributed by atoms with Crippen molar-refractivity contribution < 1.29 is 4.79 Å². The molecule has 0 aliphatic carbocycles. The summed E-state index contributed by atoms with van der Waals surface area (Å²) in [5.41, 5.74) is 0. The van der Waals surface area contributed by atoms with Crippen LogP contribution in [0.5, 0.6) is 0 Å². The van der Waals surface area contributed by atoms with Crippen LogP contribution in [0.4, 0.5) is 0 Å². The molecule has 1 amide bonds. The number of hydrogen-bond donors (Lipinski definition) is 2. The first-order chi connectivity index (χ1) is 7.49. The molecular formula is C10H19N5O. The second kappa shape index (κ2) is 5.60. The van der Waals surface area contributed by atoms with E-state index < -0.39 is 0 Å². The third-order valence-corrected chi connectivity index (χ3v) is 2.19. The van der Waals surface area contributed by atoms with Gasteiger partial charge in [0.1, 0.15) is 5.82 Å². The standard InChI is InChI=1S/C10H19N5O/c1-7(5-6-15(3)4)11-10(16)9-12-8(2)13-14-9/h7H,5-6H2,1-4H3,(H,11,16)(H,12,13,14). The number of rotatable bonds is 5. The van der Waals surface area contributed by atoms with Crippen molar-refractivity contribution in [3.05, 3.63) is 11.6 Å². The highest BCUT2D eigenvalue weighted by Gasteiger charge is 2.13. The SMILES string of the molecule is Cc1nc(C(=O)NC(C)CCN(C)C)n[nH]1. The normalized spacial score (nSPS) is 12.8. The molecule has 1 aromatic heterocycles. The molecule has 0 saturated carbocycles. The predicted octanol–water partition coefficient (Wildman–Crippen LogP) is 0.183. The Balaban J connectivity index is 2.39. The van der Waals surface area contributed by atoms with Gasteiger partial charge in [0.25, 0.3) is 5.91 Å². The monoisotopic (exact) mass is 225 g/mol. The van der Waals surface area contributed by atoms with Gasteiger partial charge in [-0.3, -0.25) is 9.89 Å². The second-order valence-corrected chi connectivity index (χ2v) is 4.21. The lowest BCUT2D eigenvalue weighted by atomic mass is 10.2. The molecule has 0 spiro atoms. The fourth-order valence-electron chi connectivity index (χ4n) is 1.26. The third-order valence-electron chi connectivity index (χ3n) is 2.19. The van der Waals surface area contributed by atoms with Gasteiger partial charge in [0.2, 0.25) is 5.82 Å². The Morgan fingerprint density at radius 1 is 1.56 bits per heavy atom. The predicted molar refractivity (Wildman–Crippen MR) is 61.2 cm³/mol.